The molecule has 0 saturated carbocycles. The lowest BCUT2D eigenvalue weighted by molar-refractivity contribution is 0.0600. The van der Waals surface area contributed by atoms with Crippen LogP contribution in [0.15, 0.2) is 0 Å². The van der Waals surface area contributed by atoms with Crippen molar-refractivity contribution in [3.05, 3.63) is 0 Å². The van der Waals surface area contributed by atoms with Gasteiger partial charge in [-0.15, -0.1) is 0 Å². The van der Waals surface area contributed by atoms with Crippen molar-refractivity contribution in [1.29, 1.82) is 0 Å². The summed E-state index contributed by atoms with van der Waals surface area (Å²) in [7, 11) is -1.17. The molecule has 0 aliphatic carbocycles. The average molecular weight is 181 g/mol. The fourth-order valence-electron chi connectivity index (χ4n) is 0.612. The topological polar surface area (TPSA) is 57.5 Å². The Morgan fingerprint density at radius 1 is 1.45 bits per heavy atom. The number of hydrogen-bond donors (Lipinski definition) is 2. The molecule has 2 unspecified atom stereocenters. The summed E-state index contributed by atoms with van der Waals surface area (Å²) in [5.74, 6) is 0. The zero-order valence-corrected chi connectivity index (χ0v) is 8.59. The molecule has 0 radical (unpaired) electrons. The lowest BCUT2D eigenvalue weighted by atomic mass is 9.88. The summed E-state index contributed by atoms with van der Waals surface area (Å²) in [5.41, 5.74) is 0.0642. The second kappa shape index (κ2) is 6.71. The van der Waals surface area contributed by atoms with Crippen LogP contribution in [0.1, 0.15) is 34.1 Å². The minimum atomic E-state index is -1.17. The Kier molecular flexibility index (Phi) is 8.30. The van der Waals surface area contributed by atoms with Crippen molar-refractivity contribution in [2.75, 3.05) is 0 Å². The molecule has 11 heavy (non-hydrogen) atoms. The Bertz CT molecular complexity index is 98.3. The van der Waals surface area contributed by atoms with E-state index in [1.807, 2.05) is 27.7 Å². The standard InChI is InChI=1S/C7H16O.HO2P/c1-5-6(8)7(2,3)4;1-3-2/h6,8H,5H2,1-4H3;3H/p+1. The molecule has 0 aliphatic heterocycles. The molecular formula is C7H18O3P+. The van der Waals surface area contributed by atoms with Gasteiger partial charge in [0.15, 0.2) is 0 Å². The number of aliphatic hydroxyl groups is 1. The van der Waals surface area contributed by atoms with Crippen LogP contribution in [0.5, 0.6) is 0 Å². The van der Waals surface area contributed by atoms with Gasteiger partial charge in [0.05, 0.1) is 6.10 Å². The maximum Gasteiger partial charge on any atom is 0.491 e. The molecule has 0 aromatic carbocycles. The van der Waals surface area contributed by atoms with Crippen molar-refractivity contribution in [3.8, 4) is 0 Å². The van der Waals surface area contributed by atoms with E-state index in [0.717, 1.165) is 6.42 Å². The molecule has 4 heteroatoms. The first kappa shape index (κ1) is 13.6. The summed E-state index contributed by atoms with van der Waals surface area (Å²) in [4.78, 5) is 7.04. The van der Waals surface area contributed by atoms with Crippen LogP contribution in [0, 0.1) is 5.41 Å². The summed E-state index contributed by atoms with van der Waals surface area (Å²) in [6.45, 7) is 8.12. The van der Waals surface area contributed by atoms with E-state index in [2.05, 4.69) is 0 Å². The zero-order valence-electron chi connectivity index (χ0n) is 7.59. The molecule has 0 saturated heterocycles. The van der Waals surface area contributed by atoms with Gasteiger partial charge in [-0.1, -0.05) is 27.7 Å². The summed E-state index contributed by atoms with van der Waals surface area (Å²) in [6.07, 6.45) is 0.700. The molecule has 3 nitrogen and oxygen atoms in total. The van der Waals surface area contributed by atoms with Gasteiger partial charge in [-0.2, -0.15) is 4.89 Å². The maximum absolute atomic E-state index is 9.19. The van der Waals surface area contributed by atoms with Crippen molar-refractivity contribution < 1.29 is 14.6 Å². The predicted molar refractivity (Wildman–Crippen MR) is 47.0 cm³/mol. The average Bonchev–Trinajstić information content (AvgIpc) is 1.86. The normalized spacial score (nSPS) is 13.6. The molecule has 2 atom stereocenters. The minimum absolute atomic E-state index is 0.0642. The predicted octanol–water partition coefficient (Wildman–Crippen LogP) is 1.72. The highest BCUT2D eigenvalue weighted by Crippen LogP contribution is 2.20. The third kappa shape index (κ3) is 10.0. The van der Waals surface area contributed by atoms with E-state index in [4.69, 9.17) is 9.46 Å². The van der Waals surface area contributed by atoms with Crippen molar-refractivity contribution in [2.24, 2.45) is 5.41 Å². The van der Waals surface area contributed by atoms with Crippen LogP contribution >= 0.6 is 8.69 Å². The van der Waals surface area contributed by atoms with Gasteiger partial charge in [-0.25, -0.2) is 0 Å². The van der Waals surface area contributed by atoms with Crippen LogP contribution < -0.4 is 0 Å². The van der Waals surface area contributed by atoms with Crippen LogP contribution in [0.25, 0.3) is 0 Å². The third-order valence-corrected chi connectivity index (χ3v) is 1.39. The first-order valence-corrected chi connectivity index (χ1v) is 4.45. The highest BCUT2D eigenvalue weighted by Gasteiger charge is 2.19. The van der Waals surface area contributed by atoms with Crippen LogP contribution in [0.3, 0.4) is 0 Å². The van der Waals surface area contributed by atoms with Gasteiger partial charge >= 0.3 is 8.69 Å². The van der Waals surface area contributed by atoms with Gasteiger partial charge in [0, 0.05) is 0 Å². The second-order valence-corrected chi connectivity index (χ2v) is 3.56. The summed E-state index contributed by atoms with van der Waals surface area (Å²) in [6, 6.07) is 0. The summed E-state index contributed by atoms with van der Waals surface area (Å²) < 4.78 is 8.51. The molecule has 68 valence electrons. The molecule has 0 rings (SSSR count). The molecule has 0 aromatic rings. The fraction of sp³-hybridized carbons (Fsp3) is 1.00. The largest absolute Gasteiger partial charge is 0.491 e. The lowest BCUT2D eigenvalue weighted by Gasteiger charge is -2.24. The van der Waals surface area contributed by atoms with Gasteiger partial charge in [-0.3, -0.25) is 0 Å². The molecule has 0 fully saturated rings. The van der Waals surface area contributed by atoms with Gasteiger partial charge in [0.1, 0.15) is 0 Å². The Balaban J connectivity index is 0. The molecule has 2 N–H and O–H groups in total. The molecule has 0 bridgehead atoms. The highest BCUT2D eigenvalue weighted by molar-refractivity contribution is 7.16. The van der Waals surface area contributed by atoms with Crippen LogP contribution in [-0.4, -0.2) is 16.1 Å². The van der Waals surface area contributed by atoms with E-state index >= 15 is 0 Å². The molecule has 0 heterocycles. The van der Waals surface area contributed by atoms with Gasteiger partial charge in [0.2, 0.25) is 0 Å². The second-order valence-electron chi connectivity index (χ2n) is 3.38. The summed E-state index contributed by atoms with van der Waals surface area (Å²) >= 11 is 0. The Morgan fingerprint density at radius 2 is 1.73 bits per heavy atom. The Labute approximate surface area is 69.7 Å². The number of hydrogen-bond acceptors (Lipinski definition) is 2. The fourth-order valence-corrected chi connectivity index (χ4v) is 0.612. The third-order valence-electron chi connectivity index (χ3n) is 1.39. The maximum atomic E-state index is 9.19. The van der Waals surface area contributed by atoms with Crippen molar-refractivity contribution in [1.82, 2.24) is 0 Å². The van der Waals surface area contributed by atoms with Crippen LogP contribution in [-0.2, 0) is 4.57 Å². The van der Waals surface area contributed by atoms with Gasteiger partial charge in [0.25, 0.3) is 0 Å². The van der Waals surface area contributed by atoms with Crippen molar-refractivity contribution in [2.45, 2.75) is 40.2 Å². The molecular weight excluding hydrogens is 163 g/mol. The van der Waals surface area contributed by atoms with E-state index in [0.29, 0.717) is 0 Å². The quantitative estimate of drug-likeness (QED) is 0.605. The highest BCUT2D eigenvalue weighted by atomic mass is 31.1. The molecule has 0 spiro atoms. The van der Waals surface area contributed by atoms with Crippen LogP contribution in [0.4, 0.5) is 0 Å². The Hall–Kier alpha value is 0.0200. The van der Waals surface area contributed by atoms with Gasteiger partial charge < -0.3 is 5.11 Å². The van der Waals surface area contributed by atoms with Gasteiger partial charge in [-0.05, 0) is 16.4 Å². The number of aliphatic hydroxyl groups excluding tert-OH is 1. The Morgan fingerprint density at radius 3 is 1.73 bits per heavy atom. The van der Waals surface area contributed by atoms with E-state index in [1.54, 1.807) is 0 Å². The van der Waals surface area contributed by atoms with E-state index < -0.39 is 8.69 Å². The SMILES string of the molecule is CCC(O)C(C)(C)C.O=[PH+]O. The number of rotatable bonds is 1. The monoisotopic (exact) mass is 181 g/mol. The van der Waals surface area contributed by atoms with E-state index in [9.17, 15) is 5.11 Å². The lowest BCUT2D eigenvalue weighted by Crippen LogP contribution is -2.24. The van der Waals surface area contributed by atoms with E-state index in [-0.39, 0.29) is 11.5 Å². The first-order chi connectivity index (χ1) is 4.90. The van der Waals surface area contributed by atoms with Crippen molar-refractivity contribution >= 4 is 8.69 Å². The zero-order chi connectivity index (χ0) is 9.49. The van der Waals surface area contributed by atoms with Crippen LogP contribution in [0.2, 0.25) is 0 Å². The van der Waals surface area contributed by atoms with Crippen molar-refractivity contribution in [3.63, 3.8) is 0 Å². The first-order valence-electron chi connectivity index (χ1n) is 3.59. The van der Waals surface area contributed by atoms with E-state index in [1.165, 1.54) is 0 Å². The summed E-state index contributed by atoms with van der Waals surface area (Å²) in [5, 5.41) is 9.19. The molecule has 0 amide bonds. The molecule has 0 aliphatic rings. The minimum Gasteiger partial charge on any atom is -0.393 e. The smallest absolute Gasteiger partial charge is 0.393 e. The molecule has 0 aromatic heterocycles.